The van der Waals surface area contributed by atoms with E-state index in [1.165, 1.54) is 12.4 Å². The maximum Gasteiger partial charge on any atom is 0.171 e. The van der Waals surface area contributed by atoms with E-state index < -0.39 is 11.6 Å². The molecule has 16 heavy (non-hydrogen) atoms. The van der Waals surface area contributed by atoms with Crippen molar-refractivity contribution >= 4 is 23.1 Å². The predicted molar refractivity (Wildman–Crippen MR) is 56.7 cm³/mol. The van der Waals surface area contributed by atoms with Crippen molar-refractivity contribution in [1.29, 1.82) is 0 Å². The molecule has 3 nitrogen and oxygen atoms in total. The number of nitrogens with one attached hydrogen (secondary N) is 1. The third-order valence-corrected chi connectivity index (χ3v) is 2.06. The largest absolute Gasteiger partial charge is 0.337 e. The van der Waals surface area contributed by atoms with Gasteiger partial charge in [-0.15, -0.1) is 0 Å². The first-order valence-corrected chi connectivity index (χ1v) is 4.72. The minimum absolute atomic E-state index is 0.132. The molecular formula is C10H6ClF2N3. The molecule has 0 spiro atoms. The lowest BCUT2D eigenvalue weighted by molar-refractivity contribution is 0.584. The van der Waals surface area contributed by atoms with E-state index in [1.807, 2.05) is 0 Å². The van der Waals surface area contributed by atoms with Gasteiger partial charge in [-0.05, 0) is 12.1 Å². The lowest BCUT2D eigenvalue weighted by Gasteiger charge is -2.06. The molecule has 0 radical (unpaired) electrons. The topological polar surface area (TPSA) is 37.8 Å². The van der Waals surface area contributed by atoms with E-state index in [-0.39, 0.29) is 16.7 Å². The van der Waals surface area contributed by atoms with Crippen molar-refractivity contribution in [2.45, 2.75) is 0 Å². The van der Waals surface area contributed by atoms with Gasteiger partial charge in [0, 0.05) is 24.1 Å². The first-order chi connectivity index (χ1) is 7.65. The van der Waals surface area contributed by atoms with E-state index in [0.29, 0.717) is 0 Å². The molecule has 0 amide bonds. The standard InChI is InChI=1S/C10H6ClF2N3/c11-9-10(15-2-1-14-9)16-8-4-6(12)3-7(13)5-8/h1-5H,(H,15,16). The quantitative estimate of drug-likeness (QED) is 0.878. The molecule has 0 unspecified atom stereocenters. The zero-order chi connectivity index (χ0) is 11.5. The van der Waals surface area contributed by atoms with Crippen LogP contribution in [0.1, 0.15) is 0 Å². The van der Waals surface area contributed by atoms with Gasteiger partial charge in [0.05, 0.1) is 0 Å². The van der Waals surface area contributed by atoms with E-state index in [9.17, 15) is 8.78 Å². The van der Waals surface area contributed by atoms with Crippen molar-refractivity contribution in [2.75, 3.05) is 5.32 Å². The van der Waals surface area contributed by atoms with Crippen LogP contribution in [0.2, 0.25) is 5.15 Å². The molecule has 0 aliphatic heterocycles. The zero-order valence-corrected chi connectivity index (χ0v) is 8.67. The molecule has 0 saturated heterocycles. The molecule has 0 bridgehead atoms. The highest BCUT2D eigenvalue weighted by molar-refractivity contribution is 6.31. The number of nitrogens with zero attached hydrogens (tertiary/aromatic N) is 2. The Morgan fingerprint density at radius 1 is 1.00 bits per heavy atom. The Balaban J connectivity index is 2.30. The van der Waals surface area contributed by atoms with Crippen LogP contribution < -0.4 is 5.32 Å². The summed E-state index contributed by atoms with van der Waals surface area (Å²) in [5.41, 5.74) is 0.222. The maximum absolute atomic E-state index is 12.9. The van der Waals surface area contributed by atoms with E-state index in [4.69, 9.17) is 11.6 Å². The average molecular weight is 242 g/mol. The van der Waals surface area contributed by atoms with Gasteiger partial charge in [0.25, 0.3) is 0 Å². The Hall–Kier alpha value is -1.75. The summed E-state index contributed by atoms with van der Waals surface area (Å²) in [5.74, 6) is -1.11. The highest BCUT2D eigenvalue weighted by Crippen LogP contribution is 2.21. The lowest BCUT2D eigenvalue weighted by atomic mass is 10.3. The summed E-state index contributed by atoms with van der Waals surface area (Å²) in [5, 5.41) is 2.80. The Kier molecular flexibility index (Phi) is 2.96. The number of aromatic nitrogens is 2. The highest BCUT2D eigenvalue weighted by Gasteiger charge is 2.05. The minimum atomic E-state index is -0.678. The van der Waals surface area contributed by atoms with Crippen molar-refractivity contribution in [1.82, 2.24) is 9.97 Å². The van der Waals surface area contributed by atoms with Crippen molar-refractivity contribution in [3.8, 4) is 0 Å². The summed E-state index contributed by atoms with van der Waals surface area (Å²) in [6.07, 6.45) is 2.84. The first-order valence-electron chi connectivity index (χ1n) is 4.35. The van der Waals surface area contributed by atoms with Gasteiger partial charge in [-0.2, -0.15) is 0 Å². The van der Waals surface area contributed by atoms with Crippen LogP contribution in [0.5, 0.6) is 0 Å². The van der Waals surface area contributed by atoms with Crippen molar-refractivity contribution in [2.24, 2.45) is 0 Å². The molecule has 1 aromatic carbocycles. The van der Waals surface area contributed by atoms with Crippen molar-refractivity contribution < 1.29 is 8.78 Å². The molecule has 0 aliphatic carbocycles. The fraction of sp³-hybridized carbons (Fsp3) is 0. The van der Waals surface area contributed by atoms with Gasteiger partial charge in [-0.3, -0.25) is 0 Å². The summed E-state index contributed by atoms with van der Waals surface area (Å²) in [7, 11) is 0. The summed E-state index contributed by atoms with van der Waals surface area (Å²) in [6.45, 7) is 0. The van der Waals surface area contributed by atoms with Crippen LogP contribution in [0.25, 0.3) is 0 Å². The average Bonchev–Trinajstić information content (AvgIpc) is 2.20. The van der Waals surface area contributed by atoms with Crippen LogP contribution in [0, 0.1) is 11.6 Å². The molecule has 2 aromatic rings. The Morgan fingerprint density at radius 3 is 2.25 bits per heavy atom. The molecule has 0 aliphatic rings. The fourth-order valence-corrected chi connectivity index (χ4v) is 1.32. The number of hydrogen-bond donors (Lipinski definition) is 1. The second kappa shape index (κ2) is 4.40. The maximum atomic E-state index is 12.9. The number of rotatable bonds is 2. The molecule has 82 valence electrons. The number of hydrogen-bond acceptors (Lipinski definition) is 3. The summed E-state index contributed by atoms with van der Waals surface area (Å²) >= 11 is 5.73. The van der Waals surface area contributed by atoms with E-state index in [0.717, 1.165) is 18.2 Å². The van der Waals surface area contributed by atoms with Crippen LogP contribution in [0.3, 0.4) is 0 Å². The number of halogens is 3. The molecule has 0 atom stereocenters. The van der Waals surface area contributed by atoms with E-state index in [2.05, 4.69) is 15.3 Å². The molecule has 2 rings (SSSR count). The highest BCUT2D eigenvalue weighted by atomic mass is 35.5. The molecule has 0 fully saturated rings. The van der Waals surface area contributed by atoms with Gasteiger partial charge in [-0.1, -0.05) is 11.6 Å². The SMILES string of the molecule is Fc1cc(F)cc(Nc2nccnc2Cl)c1. The molecular weight excluding hydrogens is 236 g/mol. The molecule has 0 saturated carbocycles. The van der Waals surface area contributed by atoms with Gasteiger partial charge >= 0.3 is 0 Å². The fourth-order valence-electron chi connectivity index (χ4n) is 1.17. The molecule has 1 N–H and O–H groups in total. The normalized spacial score (nSPS) is 10.2. The molecule has 1 heterocycles. The summed E-state index contributed by atoms with van der Waals surface area (Å²) in [6, 6.07) is 3.05. The Bertz CT molecular complexity index is 499. The second-order valence-corrected chi connectivity index (χ2v) is 3.34. The smallest absolute Gasteiger partial charge is 0.171 e. The molecule has 1 aromatic heterocycles. The second-order valence-electron chi connectivity index (χ2n) is 2.98. The molecule has 6 heteroatoms. The zero-order valence-electron chi connectivity index (χ0n) is 7.92. The first kappa shape index (κ1) is 10.8. The van der Waals surface area contributed by atoms with Crippen LogP contribution in [-0.2, 0) is 0 Å². The summed E-state index contributed by atoms with van der Waals surface area (Å²) in [4.78, 5) is 7.66. The van der Waals surface area contributed by atoms with E-state index >= 15 is 0 Å². The van der Waals surface area contributed by atoms with Gasteiger partial charge in [-0.25, -0.2) is 18.7 Å². The lowest BCUT2D eigenvalue weighted by Crippen LogP contribution is -1.96. The van der Waals surface area contributed by atoms with Crippen LogP contribution in [0.4, 0.5) is 20.3 Å². The Morgan fingerprint density at radius 2 is 1.62 bits per heavy atom. The van der Waals surface area contributed by atoms with Crippen LogP contribution >= 0.6 is 11.6 Å². The van der Waals surface area contributed by atoms with Crippen molar-refractivity contribution in [3.63, 3.8) is 0 Å². The van der Waals surface area contributed by atoms with Gasteiger partial charge < -0.3 is 5.32 Å². The third-order valence-electron chi connectivity index (χ3n) is 1.78. The minimum Gasteiger partial charge on any atom is -0.337 e. The van der Waals surface area contributed by atoms with Crippen LogP contribution in [-0.4, -0.2) is 9.97 Å². The predicted octanol–water partition coefficient (Wildman–Crippen LogP) is 3.15. The van der Waals surface area contributed by atoms with Crippen LogP contribution in [0.15, 0.2) is 30.6 Å². The number of anilines is 2. The summed E-state index contributed by atoms with van der Waals surface area (Å²) < 4.78 is 25.8. The van der Waals surface area contributed by atoms with Gasteiger partial charge in [0.1, 0.15) is 11.6 Å². The van der Waals surface area contributed by atoms with Gasteiger partial charge in [0.2, 0.25) is 0 Å². The van der Waals surface area contributed by atoms with E-state index in [1.54, 1.807) is 0 Å². The van der Waals surface area contributed by atoms with Gasteiger partial charge in [0.15, 0.2) is 11.0 Å². The number of benzene rings is 1. The Labute approximate surface area is 95.1 Å². The monoisotopic (exact) mass is 241 g/mol. The third kappa shape index (κ3) is 2.43. The van der Waals surface area contributed by atoms with Crippen molar-refractivity contribution in [3.05, 3.63) is 47.4 Å².